The number of rotatable bonds is 3. The molecule has 4 nitrogen and oxygen atoms in total. The molecule has 1 aromatic heterocycles. The van der Waals surface area contributed by atoms with Gasteiger partial charge in [0.2, 0.25) is 0 Å². The molecule has 0 saturated heterocycles. The van der Waals surface area contributed by atoms with Crippen LogP contribution < -0.4 is 4.74 Å². The Morgan fingerprint density at radius 1 is 1.18 bits per heavy atom. The molecule has 0 fully saturated rings. The van der Waals surface area contributed by atoms with Crippen LogP contribution in [0.25, 0.3) is 10.9 Å². The van der Waals surface area contributed by atoms with Gasteiger partial charge >= 0.3 is 6.18 Å². The number of para-hydroxylation sites is 2. The van der Waals surface area contributed by atoms with Gasteiger partial charge in [0.05, 0.1) is 11.6 Å². The maximum atomic E-state index is 13.1. The Kier molecular flexibility index (Phi) is 4.53. The fourth-order valence-corrected chi connectivity index (χ4v) is 3.82. The van der Waals surface area contributed by atoms with Crippen LogP contribution in [0.2, 0.25) is 0 Å². The molecule has 1 atom stereocenters. The molecule has 0 spiro atoms. The second-order valence-electron chi connectivity index (χ2n) is 6.86. The Morgan fingerprint density at radius 3 is 2.68 bits per heavy atom. The minimum absolute atomic E-state index is 0.204. The highest BCUT2D eigenvalue weighted by atomic mass is 19.4. The smallest absolute Gasteiger partial charge is 0.419 e. The summed E-state index contributed by atoms with van der Waals surface area (Å²) in [5.41, 5.74) is 2.29. The maximum absolute atomic E-state index is 13.1. The molecule has 28 heavy (non-hydrogen) atoms. The van der Waals surface area contributed by atoms with Gasteiger partial charge in [-0.15, -0.1) is 0 Å². The van der Waals surface area contributed by atoms with Crippen molar-refractivity contribution in [1.82, 2.24) is 9.88 Å². The summed E-state index contributed by atoms with van der Waals surface area (Å²) < 4.78 is 44.5. The molecule has 1 aliphatic heterocycles. The molecule has 4 rings (SSSR count). The third-order valence-corrected chi connectivity index (χ3v) is 5.20. The van der Waals surface area contributed by atoms with E-state index >= 15 is 0 Å². The molecule has 0 aliphatic carbocycles. The number of benzene rings is 2. The summed E-state index contributed by atoms with van der Waals surface area (Å²) in [6, 6.07) is 12.7. The zero-order valence-corrected chi connectivity index (χ0v) is 15.2. The van der Waals surface area contributed by atoms with Crippen molar-refractivity contribution in [3.8, 4) is 5.75 Å². The van der Waals surface area contributed by atoms with Gasteiger partial charge in [0.1, 0.15) is 5.75 Å². The molecule has 1 N–H and O–H groups in total. The zero-order valence-electron chi connectivity index (χ0n) is 15.2. The largest absolute Gasteiger partial charge is 0.483 e. The third-order valence-electron chi connectivity index (χ3n) is 5.20. The van der Waals surface area contributed by atoms with Crippen LogP contribution in [-0.4, -0.2) is 28.9 Å². The zero-order chi connectivity index (χ0) is 19.9. The van der Waals surface area contributed by atoms with Crippen molar-refractivity contribution in [2.24, 2.45) is 0 Å². The first-order valence-electron chi connectivity index (χ1n) is 9.04. The molecule has 3 aromatic rings. The highest BCUT2D eigenvalue weighted by Gasteiger charge is 2.35. The number of carbonyl (C=O) groups is 1. The molecule has 0 bridgehead atoms. The van der Waals surface area contributed by atoms with Crippen LogP contribution in [0, 0.1) is 0 Å². The van der Waals surface area contributed by atoms with Gasteiger partial charge in [0.25, 0.3) is 5.91 Å². The Hall–Kier alpha value is -2.96. The highest BCUT2D eigenvalue weighted by Crippen LogP contribution is 2.37. The summed E-state index contributed by atoms with van der Waals surface area (Å²) >= 11 is 0. The summed E-state index contributed by atoms with van der Waals surface area (Å²) in [7, 11) is 0. The lowest BCUT2D eigenvalue weighted by atomic mass is 9.98. The van der Waals surface area contributed by atoms with E-state index in [2.05, 4.69) is 4.98 Å². The number of aromatic amines is 1. The van der Waals surface area contributed by atoms with Crippen LogP contribution in [-0.2, 0) is 17.4 Å². The number of amides is 1. The Morgan fingerprint density at radius 2 is 1.89 bits per heavy atom. The Bertz CT molecular complexity index is 1030. The monoisotopic (exact) mass is 388 g/mol. The average Bonchev–Trinajstić information content (AvgIpc) is 3.06. The van der Waals surface area contributed by atoms with Gasteiger partial charge in [-0.2, -0.15) is 13.2 Å². The number of ether oxygens (including phenoxy) is 1. The summed E-state index contributed by atoms with van der Waals surface area (Å²) in [5, 5.41) is 1.15. The number of carbonyl (C=O) groups excluding carboxylic acids is 1. The van der Waals surface area contributed by atoms with E-state index in [9.17, 15) is 18.0 Å². The number of H-pyrrole nitrogens is 1. The van der Waals surface area contributed by atoms with E-state index in [0.29, 0.717) is 13.0 Å². The minimum Gasteiger partial charge on any atom is -0.483 e. The van der Waals surface area contributed by atoms with Crippen LogP contribution in [0.1, 0.15) is 29.8 Å². The van der Waals surface area contributed by atoms with Gasteiger partial charge in [0.15, 0.2) is 6.61 Å². The number of halogens is 3. The highest BCUT2D eigenvalue weighted by molar-refractivity contribution is 5.86. The van der Waals surface area contributed by atoms with Gasteiger partial charge in [0, 0.05) is 23.1 Å². The molecule has 2 aromatic carbocycles. The number of alkyl halides is 3. The van der Waals surface area contributed by atoms with Crippen molar-refractivity contribution in [2.75, 3.05) is 13.2 Å². The molecular weight excluding hydrogens is 369 g/mol. The summed E-state index contributed by atoms with van der Waals surface area (Å²) in [6.07, 6.45) is -3.84. The van der Waals surface area contributed by atoms with Crippen LogP contribution in [0.3, 0.4) is 0 Å². The van der Waals surface area contributed by atoms with Gasteiger partial charge in [-0.25, -0.2) is 0 Å². The maximum Gasteiger partial charge on any atom is 0.419 e. The minimum atomic E-state index is -4.53. The Labute approximate surface area is 159 Å². The van der Waals surface area contributed by atoms with Crippen LogP contribution >= 0.6 is 0 Å². The molecule has 0 radical (unpaired) electrons. The SMILES string of the molecule is C[C@H]1c2[nH]c3ccccc3c2CCN1C(=O)COc1ccccc1C(F)(F)F. The molecular formula is C21H19F3N2O2. The average molecular weight is 388 g/mol. The number of hydrogen-bond acceptors (Lipinski definition) is 2. The second-order valence-corrected chi connectivity index (χ2v) is 6.86. The first-order valence-corrected chi connectivity index (χ1v) is 9.04. The lowest BCUT2D eigenvalue weighted by Gasteiger charge is -2.33. The summed E-state index contributed by atoms with van der Waals surface area (Å²) in [6.45, 7) is 1.97. The predicted molar refractivity (Wildman–Crippen MR) is 99.1 cm³/mol. The van der Waals surface area contributed by atoms with Crippen molar-refractivity contribution in [3.63, 3.8) is 0 Å². The lowest BCUT2D eigenvalue weighted by Crippen LogP contribution is -2.41. The van der Waals surface area contributed by atoms with Gasteiger partial charge < -0.3 is 14.6 Å². The van der Waals surface area contributed by atoms with E-state index in [1.54, 1.807) is 4.90 Å². The number of aromatic nitrogens is 1. The van der Waals surface area contributed by atoms with Crippen molar-refractivity contribution in [1.29, 1.82) is 0 Å². The van der Waals surface area contributed by atoms with E-state index in [4.69, 9.17) is 4.74 Å². The number of nitrogens with one attached hydrogen (secondary N) is 1. The Balaban J connectivity index is 1.51. The van der Waals surface area contributed by atoms with Crippen LogP contribution in [0.15, 0.2) is 48.5 Å². The molecule has 0 saturated carbocycles. The van der Waals surface area contributed by atoms with E-state index in [1.165, 1.54) is 23.8 Å². The quantitative estimate of drug-likeness (QED) is 0.706. The van der Waals surface area contributed by atoms with E-state index in [-0.39, 0.29) is 17.7 Å². The van der Waals surface area contributed by atoms with Gasteiger partial charge in [-0.05, 0) is 37.1 Å². The third kappa shape index (κ3) is 3.21. The van der Waals surface area contributed by atoms with Crippen molar-refractivity contribution < 1.29 is 22.7 Å². The van der Waals surface area contributed by atoms with Gasteiger partial charge in [-0.1, -0.05) is 30.3 Å². The number of fused-ring (bicyclic) bond motifs is 3. The second kappa shape index (κ2) is 6.89. The van der Waals surface area contributed by atoms with Gasteiger partial charge in [-0.3, -0.25) is 4.79 Å². The van der Waals surface area contributed by atoms with Crippen LogP contribution in [0.5, 0.6) is 5.75 Å². The van der Waals surface area contributed by atoms with E-state index < -0.39 is 18.3 Å². The molecule has 1 aliphatic rings. The first-order chi connectivity index (χ1) is 13.4. The molecule has 1 amide bonds. The number of nitrogens with zero attached hydrogens (tertiary/aromatic N) is 1. The summed E-state index contributed by atoms with van der Waals surface area (Å²) in [5.74, 6) is -0.673. The standard InChI is InChI=1S/C21H19F3N2O2/c1-13-20-15(14-6-2-4-8-17(14)25-20)10-11-26(13)19(27)12-28-18-9-5-3-7-16(18)21(22,23)24/h2-9,13,25H,10-12H2,1H3/t13-/m0/s1. The van der Waals surface area contributed by atoms with Crippen molar-refractivity contribution in [3.05, 3.63) is 65.4 Å². The molecule has 146 valence electrons. The van der Waals surface area contributed by atoms with Crippen molar-refractivity contribution >= 4 is 16.8 Å². The predicted octanol–water partition coefficient (Wildman–Crippen LogP) is 4.71. The molecule has 0 unspecified atom stereocenters. The first kappa shape index (κ1) is 18.4. The van der Waals surface area contributed by atoms with Crippen LogP contribution in [0.4, 0.5) is 13.2 Å². The molecule has 7 heteroatoms. The van der Waals surface area contributed by atoms with Crippen molar-refractivity contribution in [2.45, 2.75) is 25.6 Å². The van der Waals surface area contributed by atoms with E-state index in [0.717, 1.165) is 22.7 Å². The lowest BCUT2D eigenvalue weighted by molar-refractivity contribution is -0.141. The summed E-state index contributed by atoms with van der Waals surface area (Å²) in [4.78, 5) is 17.7. The fraction of sp³-hybridized carbons (Fsp3) is 0.286. The molecule has 2 heterocycles. The fourth-order valence-electron chi connectivity index (χ4n) is 3.82. The normalized spacial score (nSPS) is 16.9. The number of hydrogen-bond donors (Lipinski definition) is 1. The van der Waals surface area contributed by atoms with E-state index in [1.807, 2.05) is 31.2 Å². The topological polar surface area (TPSA) is 45.3 Å².